The van der Waals surface area contributed by atoms with Gasteiger partial charge in [-0.25, -0.2) is 0 Å². The predicted octanol–water partition coefficient (Wildman–Crippen LogP) is 2.98. The van der Waals surface area contributed by atoms with Crippen LogP contribution in [0.2, 0.25) is 0 Å². The zero-order valence-corrected chi connectivity index (χ0v) is 13.5. The van der Waals surface area contributed by atoms with E-state index >= 15 is 0 Å². The van der Waals surface area contributed by atoms with Crippen molar-refractivity contribution in [3.05, 3.63) is 41.5 Å². The normalized spacial score (nSPS) is 10.1. The van der Waals surface area contributed by atoms with Gasteiger partial charge in [0.05, 0.1) is 27.0 Å². The second-order valence-electron chi connectivity index (χ2n) is 4.89. The summed E-state index contributed by atoms with van der Waals surface area (Å²) >= 11 is 0. The van der Waals surface area contributed by atoms with Crippen LogP contribution in [-0.2, 0) is 0 Å². The highest BCUT2D eigenvalue weighted by molar-refractivity contribution is 6.05. The van der Waals surface area contributed by atoms with Crippen LogP contribution in [0.5, 0.6) is 23.0 Å². The Hall–Kier alpha value is -2.89. The fourth-order valence-electron chi connectivity index (χ4n) is 2.16. The molecule has 1 amide bonds. The molecule has 0 heterocycles. The largest absolute Gasteiger partial charge is 0.506 e. The van der Waals surface area contributed by atoms with Crippen LogP contribution in [0.3, 0.4) is 0 Å². The number of aryl methyl sites for hydroxylation is 1. The van der Waals surface area contributed by atoms with Crippen LogP contribution >= 0.6 is 0 Å². The molecular weight excluding hydrogens is 298 g/mol. The van der Waals surface area contributed by atoms with Crippen molar-refractivity contribution in [3.63, 3.8) is 0 Å². The highest BCUT2D eigenvalue weighted by Crippen LogP contribution is 2.38. The number of phenols is 1. The topological polar surface area (TPSA) is 77.0 Å². The minimum absolute atomic E-state index is 0.00334. The van der Waals surface area contributed by atoms with Gasteiger partial charge in [-0.1, -0.05) is 6.07 Å². The SMILES string of the molecule is COc1cc(C(=O)Nc2cc(C)ccc2O)cc(OC)c1OC. The number of methoxy groups -OCH3 is 3. The second-order valence-corrected chi connectivity index (χ2v) is 4.89. The van der Waals surface area contributed by atoms with Crippen LogP contribution in [0, 0.1) is 6.92 Å². The number of amides is 1. The van der Waals surface area contributed by atoms with Gasteiger partial charge in [-0.05, 0) is 36.8 Å². The molecule has 6 nitrogen and oxygen atoms in total. The molecule has 0 aliphatic rings. The standard InChI is InChI=1S/C17H19NO5/c1-10-5-6-13(19)12(7-10)18-17(20)11-8-14(21-2)16(23-4)15(9-11)22-3/h5-9,19H,1-4H3,(H,18,20). The molecule has 2 aromatic carbocycles. The quantitative estimate of drug-likeness (QED) is 0.829. The summed E-state index contributed by atoms with van der Waals surface area (Å²) < 4.78 is 15.7. The van der Waals surface area contributed by atoms with Gasteiger partial charge in [-0.15, -0.1) is 0 Å². The van der Waals surface area contributed by atoms with Crippen molar-refractivity contribution < 1.29 is 24.1 Å². The molecule has 122 valence electrons. The summed E-state index contributed by atoms with van der Waals surface area (Å²) in [7, 11) is 4.45. The van der Waals surface area contributed by atoms with E-state index in [4.69, 9.17) is 14.2 Å². The Kier molecular flexibility index (Phi) is 4.95. The van der Waals surface area contributed by atoms with Gasteiger partial charge in [0.1, 0.15) is 5.75 Å². The highest BCUT2D eigenvalue weighted by atomic mass is 16.5. The third-order valence-electron chi connectivity index (χ3n) is 3.33. The van der Waals surface area contributed by atoms with Crippen LogP contribution in [0.15, 0.2) is 30.3 Å². The zero-order valence-electron chi connectivity index (χ0n) is 13.5. The molecule has 6 heteroatoms. The summed E-state index contributed by atoms with van der Waals surface area (Å²) in [6, 6.07) is 8.06. The Bertz CT molecular complexity index is 702. The number of carbonyl (C=O) groups is 1. The number of hydrogen-bond donors (Lipinski definition) is 2. The van der Waals surface area contributed by atoms with Gasteiger partial charge in [0.15, 0.2) is 11.5 Å². The van der Waals surface area contributed by atoms with Gasteiger partial charge in [0.2, 0.25) is 5.75 Å². The van der Waals surface area contributed by atoms with Crippen molar-refractivity contribution >= 4 is 11.6 Å². The van der Waals surface area contributed by atoms with E-state index in [0.717, 1.165) is 5.56 Å². The van der Waals surface area contributed by atoms with Crippen LogP contribution in [0.4, 0.5) is 5.69 Å². The summed E-state index contributed by atoms with van der Waals surface area (Å²) in [5, 5.41) is 12.5. The number of phenolic OH excluding ortho intramolecular Hbond substituents is 1. The number of nitrogens with one attached hydrogen (secondary N) is 1. The summed E-state index contributed by atoms with van der Waals surface area (Å²) in [6.45, 7) is 1.87. The van der Waals surface area contributed by atoms with Gasteiger partial charge in [0, 0.05) is 5.56 Å². The summed E-state index contributed by atoms with van der Waals surface area (Å²) in [6.07, 6.45) is 0. The van der Waals surface area contributed by atoms with E-state index < -0.39 is 5.91 Å². The summed E-state index contributed by atoms with van der Waals surface area (Å²) in [5.74, 6) is 0.766. The van der Waals surface area contributed by atoms with E-state index in [0.29, 0.717) is 28.5 Å². The average molecular weight is 317 g/mol. The van der Waals surface area contributed by atoms with E-state index in [1.165, 1.54) is 27.4 Å². The molecule has 0 saturated heterocycles. The molecule has 2 rings (SSSR count). The molecule has 2 aromatic rings. The molecule has 0 radical (unpaired) electrons. The van der Waals surface area contributed by atoms with Crippen molar-refractivity contribution in [3.8, 4) is 23.0 Å². The molecule has 0 spiro atoms. The smallest absolute Gasteiger partial charge is 0.256 e. The van der Waals surface area contributed by atoms with Gasteiger partial charge < -0.3 is 24.6 Å². The molecule has 0 fully saturated rings. The molecule has 0 atom stereocenters. The van der Waals surface area contributed by atoms with Crippen LogP contribution in [-0.4, -0.2) is 32.3 Å². The lowest BCUT2D eigenvalue weighted by molar-refractivity contribution is 0.102. The number of aromatic hydroxyl groups is 1. The molecule has 0 bridgehead atoms. The fraction of sp³-hybridized carbons (Fsp3) is 0.235. The Morgan fingerprint density at radius 3 is 2.13 bits per heavy atom. The summed E-state index contributed by atoms with van der Waals surface area (Å²) in [4.78, 5) is 12.4. The van der Waals surface area contributed by atoms with Crippen molar-refractivity contribution in [2.75, 3.05) is 26.6 Å². The molecule has 0 aliphatic carbocycles. The Morgan fingerprint density at radius 1 is 1.00 bits per heavy atom. The maximum absolute atomic E-state index is 12.4. The van der Waals surface area contributed by atoms with Gasteiger partial charge in [-0.3, -0.25) is 4.79 Å². The predicted molar refractivity (Wildman–Crippen MR) is 86.9 cm³/mol. The number of benzene rings is 2. The minimum Gasteiger partial charge on any atom is -0.506 e. The van der Waals surface area contributed by atoms with Crippen molar-refractivity contribution in [2.45, 2.75) is 6.92 Å². The first-order valence-corrected chi connectivity index (χ1v) is 6.91. The lowest BCUT2D eigenvalue weighted by Crippen LogP contribution is -2.13. The minimum atomic E-state index is -0.398. The monoisotopic (exact) mass is 317 g/mol. The third kappa shape index (κ3) is 3.48. The summed E-state index contributed by atoms with van der Waals surface area (Å²) in [5.41, 5.74) is 1.58. The van der Waals surface area contributed by atoms with Gasteiger partial charge >= 0.3 is 0 Å². The average Bonchev–Trinajstić information content (AvgIpc) is 2.56. The van der Waals surface area contributed by atoms with Crippen molar-refractivity contribution in [1.29, 1.82) is 0 Å². The van der Waals surface area contributed by atoms with E-state index in [1.807, 2.05) is 6.92 Å². The third-order valence-corrected chi connectivity index (χ3v) is 3.33. The number of hydrogen-bond acceptors (Lipinski definition) is 5. The first-order chi connectivity index (χ1) is 11.0. The van der Waals surface area contributed by atoms with Crippen molar-refractivity contribution in [2.24, 2.45) is 0 Å². The van der Waals surface area contributed by atoms with Crippen LogP contribution < -0.4 is 19.5 Å². The van der Waals surface area contributed by atoms with E-state index in [2.05, 4.69) is 5.32 Å². The zero-order chi connectivity index (χ0) is 17.0. The highest BCUT2D eigenvalue weighted by Gasteiger charge is 2.17. The number of ether oxygens (including phenoxy) is 3. The number of carbonyl (C=O) groups excluding carboxylic acids is 1. The van der Waals surface area contributed by atoms with E-state index in [9.17, 15) is 9.90 Å². The number of anilines is 1. The lowest BCUT2D eigenvalue weighted by Gasteiger charge is -2.14. The molecular formula is C17H19NO5. The Morgan fingerprint density at radius 2 is 1.61 bits per heavy atom. The maximum atomic E-state index is 12.4. The lowest BCUT2D eigenvalue weighted by atomic mass is 10.1. The molecule has 0 aliphatic heterocycles. The molecule has 0 unspecified atom stereocenters. The molecule has 0 aromatic heterocycles. The Balaban J connectivity index is 2.37. The van der Waals surface area contributed by atoms with Crippen molar-refractivity contribution in [1.82, 2.24) is 0 Å². The molecule has 23 heavy (non-hydrogen) atoms. The second kappa shape index (κ2) is 6.91. The van der Waals surface area contributed by atoms with E-state index in [1.54, 1.807) is 24.3 Å². The van der Waals surface area contributed by atoms with Crippen LogP contribution in [0.25, 0.3) is 0 Å². The Labute approximate surface area is 134 Å². The first-order valence-electron chi connectivity index (χ1n) is 6.91. The maximum Gasteiger partial charge on any atom is 0.256 e. The number of rotatable bonds is 5. The molecule has 2 N–H and O–H groups in total. The fourth-order valence-corrected chi connectivity index (χ4v) is 2.16. The molecule has 0 saturated carbocycles. The van der Waals surface area contributed by atoms with Crippen LogP contribution in [0.1, 0.15) is 15.9 Å². The van der Waals surface area contributed by atoms with E-state index in [-0.39, 0.29) is 5.75 Å². The first kappa shape index (κ1) is 16.5. The van der Waals surface area contributed by atoms with Gasteiger partial charge in [0.25, 0.3) is 5.91 Å². The van der Waals surface area contributed by atoms with Gasteiger partial charge in [-0.2, -0.15) is 0 Å².